The zero-order chi connectivity index (χ0) is 13.0. The van der Waals surface area contributed by atoms with Crippen molar-refractivity contribution in [2.75, 3.05) is 20.8 Å². The molecule has 3 heteroatoms. The molecule has 0 radical (unpaired) electrons. The van der Waals surface area contributed by atoms with Crippen LogP contribution in [0.15, 0.2) is 18.2 Å². The quantitative estimate of drug-likeness (QED) is 0.872. The van der Waals surface area contributed by atoms with Gasteiger partial charge in [-0.15, -0.1) is 0 Å². The first kappa shape index (κ1) is 13.4. The Hall–Kier alpha value is -1.06. The Labute approximate surface area is 109 Å². The second kappa shape index (κ2) is 5.72. The van der Waals surface area contributed by atoms with Crippen LogP contribution in [0.2, 0.25) is 0 Å². The van der Waals surface area contributed by atoms with Crippen LogP contribution in [0.3, 0.4) is 0 Å². The van der Waals surface area contributed by atoms with E-state index in [9.17, 15) is 0 Å². The third-order valence-electron chi connectivity index (χ3n) is 4.12. The van der Waals surface area contributed by atoms with Crippen LogP contribution in [0.1, 0.15) is 36.8 Å². The van der Waals surface area contributed by atoms with Gasteiger partial charge in [-0.3, -0.25) is 0 Å². The smallest absolute Gasteiger partial charge is 0.128 e. The van der Waals surface area contributed by atoms with Gasteiger partial charge >= 0.3 is 0 Å². The molecule has 1 aliphatic carbocycles. The van der Waals surface area contributed by atoms with Crippen molar-refractivity contribution in [2.24, 2.45) is 5.73 Å². The van der Waals surface area contributed by atoms with Gasteiger partial charge in [-0.2, -0.15) is 0 Å². The van der Waals surface area contributed by atoms with E-state index in [4.69, 9.17) is 15.2 Å². The van der Waals surface area contributed by atoms with Gasteiger partial charge in [-0.25, -0.2) is 0 Å². The molecule has 0 saturated heterocycles. The van der Waals surface area contributed by atoms with E-state index in [-0.39, 0.29) is 5.41 Å². The monoisotopic (exact) mass is 249 g/mol. The summed E-state index contributed by atoms with van der Waals surface area (Å²) in [6.07, 6.45) is 4.84. The maximum absolute atomic E-state index is 6.06. The lowest BCUT2D eigenvalue weighted by Gasteiger charge is -2.30. The largest absolute Gasteiger partial charge is 0.496 e. The summed E-state index contributed by atoms with van der Waals surface area (Å²) in [6.45, 7) is 1.28. The first-order chi connectivity index (χ1) is 8.77. The van der Waals surface area contributed by atoms with Gasteiger partial charge in [0.05, 0.1) is 13.7 Å². The highest BCUT2D eigenvalue weighted by molar-refractivity contribution is 5.46. The maximum Gasteiger partial charge on any atom is 0.128 e. The molecule has 1 saturated carbocycles. The summed E-state index contributed by atoms with van der Waals surface area (Å²) in [5.74, 6) is 0.965. The fourth-order valence-corrected chi connectivity index (χ4v) is 3.15. The molecule has 3 nitrogen and oxygen atoms in total. The molecule has 0 spiro atoms. The second-order valence-electron chi connectivity index (χ2n) is 5.12. The highest BCUT2D eigenvalue weighted by Crippen LogP contribution is 2.45. The van der Waals surface area contributed by atoms with Crippen molar-refractivity contribution in [1.29, 1.82) is 0 Å². The summed E-state index contributed by atoms with van der Waals surface area (Å²) >= 11 is 0. The van der Waals surface area contributed by atoms with E-state index in [0.717, 1.165) is 24.2 Å². The van der Waals surface area contributed by atoms with Gasteiger partial charge in [-0.1, -0.05) is 31.0 Å². The summed E-state index contributed by atoms with van der Waals surface area (Å²) in [6, 6.07) is 6.31. The van der Waals surface area contributed by atoms with Crippen LogP contribution in [-0.2, 0) is 16.8 Å². The van der Waals surface area contributed by atoms with Gasteiger partial charge in [0, 0.05) is 30.2 Å². The molecule has 1 aromatic rings. The lowest BCUT2D eigenvalue weighted by Crippen LogP contribution is -2.32. The molecule has 18 heavy (non-hydrogen) atoms. The van der Waals surface area contributed by atoms with Crippen LogP contribution in [-0.4, -0.2) is 20.8 Å². The van der Waals surface area contributed by atoms with Crippen LogP contribution in [0.4, 0.5) is 0 Å². The van der Waals surface area contributed by atoms with Crippen molar-refractivity contribution >= 4 is 0 Å². The van der Waals surface area contributed by atoms with Crippen molar-refractivity contribution in [1.82, 2.24) is 0 Å². The number of benzene rings is 1. The van der Waals surface area contributed by atoms with Gasteiger partial charge in [-0.05, 0) is 12.8 Å². The number of para-hydroxylation sites is 1. The maximum atomic E-state index is 6.06. The molecular weight excluding hydrogens is 226 g/mol. The number of rotatable bonds is 5. The summed E-state index contributed by atoms with van der Waals surface area (Å²) < 4.78 is 10.9. The Bertz CT molecular complexity index is 397. The van der Waals surface area contributed by atoms with Crippen LogP contribution in [0.5, 0.6) is 5.75 Å². The van der Waals surface area contributed by atoms with Crippen molar-refractivity contribution in [3.05, 3.63) is 29.3 Å². The molecular formula is C15H23NO2. The van der Waals surface area contributed by atoms with E-state index >= 15 is 0 Å². The fourth-order valence-electron chi connectivity index (χ4n) is 3.15. The summed E-state index contributed by atoms with van der Waals surface area (Å²) in [5, 5.41) is 0. The lowest BCUT2D eigenvalue weighted by atomic mass is 9.78. The number of hydrogen-bond acceptors (Lipinski definition) is 3. The lowest BCUT2D eigenvalue weighted by molar-refractivity contribution is 0.181. The molecule has 1 fully saturated rings. The Kier molecular flexibility index (Phi) is 4.25. The van der Waals surface area contributed by atoms with E-state index in [1.165, 1.54) is 18.4 Å². The molecule has 0 aliphatic heterocycles. The minimum Gasteiger partial charge on any atom is -0.496 e. The van der Waals surface area contributed by atoms with Crippen LogP contribution < -0.4 is 10.5 Å². The third kappa shape index (κ3) is 2.25. The van der Waals surface area contributed by atoms with Gasteiger partial charge in [0.2, 0.25) is 0 Å². The number of nitrogens with two attached hydrogens (primary N) is 1. The van der Waals surface area contributed by atoms with Crippen molar-refractivity contribution < 1.29 is 9.47 Å². The van der Waals surface area contributed by atoms with Crippen molar-refractivity contribution in [2.45, 2.75) is 37.7 Å². The van der Waals surface area contributed by atoms with E-state index in [1.807, 2.05) is 0 Å². The van der Waals surface area contributed by atoms with Gasteiger partial charge in [0.25, 0.3) is 0 Å². The topological polar surface area (TPSA) is 44.5 Å². The molecule has 0 amide bonds. The molecule has 0 aromatic heterocycles. The van der Waals surface area contributed by atoms with Gasteiger partial charge in [0.15, 0.2) is 0 Å². The Morgan fingerprint density at radius 3 is 2.50 bits per heavy atom. The zero-order valence-electron chi connectivity index (χ0n) is 11.4. The Balaban J connectivity index is 2.45. The van der Waals surface area contributed by atoms with Crippen LogP contribution >= 0.6 is 0 Å². The molecule has 2 rings (SSSR count). The predicted octanol–water partition coefficient (Wildman–Crippen LogP) is 2.61. The van der Waals surface area contributed by atoms with Gasteiger partial charge < -0.3 is 15.2 Å². The number of ether oxygens (including phenoxy) is 2. The minimum atomic E-state index is 0.106. The van der Waals surface area contributed by atoms with E-state index in [0.29, 0.717) is 13.2 Å². The summed E-state index contributed by atoms with van der Waals surface area (Å²) in [5.41, 5.74) is 8.54. The zero-order valence-corrected chi connectivity index (χ0v) is 11.4. The highest BCUT2D eigenvalue weighted by atomic mass is 16.5. The first-order valence-corrected chi connectivity index (χ1v) is 6.63. The van der Waals surface area contributed by atoms with E-state index < -0.39 is 0 Å². The molecule has 2 N–H and O–H groups in total. The summed E-state index contributed by atoms with van der Waals surface area (Å²) in [7, 11) is 3.44. The molecule has 0 heterocycles. The SMILES string of the molecule is COCc1cccc(C2(CN)CCCC2)c1OC. The molecule has 0 bridgehead atoms. The normalized spacial score (nSPS) is 17.9. The number of hydrogen-bond donors (Lipinski definition) is 1. The molecule has 100 valence electrons. The average Bonchev–Trinajstić information content (AvgIpc) is 2.89. The van der Waals surface area contributed by atoms with Crippen molar-refractivity contribution in [3.8, 4) is 5.75 Å². The Morgan fingerprint density at radius 1 is 1.22 bits per heavy atom. The third-order valence-corrected chi connectivity index (χ3v) is 4.12. The standard InChI is InChI=1S/C15H23NO2/c1-17-10-12-6-5-7-13(14(12)18-2)15(11-16)8-3-4-9-15/h5-7H,3-4,8-11,16H2,1-2H3. The molecule has 1 aromatic carbocycles. The second-order valence-corrected chi connectivity index (χ2v) is 5.12. The fraction of sp³-hybridized carbons (Fsp3) is 0.600. The Morgan fingerprint density at radius 2 is 1.94 bits per heavy atom. The predicted molar refractivity (Wildman–Crippen MR) is 72.9 cm³/mol. The van der Waals surface area contributed by atoms with Crippen LogP contribution in [0.25, 0.3) is 0 Å². The first-order valence-electron chi connectivity index (χ1n) is 6.63. The summed E-state index contributed by atoms with van der Waals surface area (Å²) in [4.78, 5) is 0. The molecule has 1 aliphatic rings. The van der Waals surface area contributed by atoms with E-state index in [1.54, 1.807) is 14.2 Å². The van der Waals surface area contributed by atoms with Crippen molar-refractivity contribution in [3.63, 3.8) is 0 Å². The molecule has 0 unspecified atom stereocenters. The number of methoxy groups -OCH3 is 2. The van der Waals surface area contributed by atoms with E-state index in [2.05, 4.69) is 18.2 Å². The highest BCUT2D eigenvalue weighted by Gasteiger charge is 2.37. The minimum absolute atomic E-state index is 0.106. The van der Waals surface area contributed by atoms with Crippen LogP contribution in [0, 0.1) is 0 Å². The average molecular weight is 249 g/mol. The molecule has 0 atom stereocenters. The van der Waals surface area contributed by atoms with Gasteiger partial charge in [0.1, 0.15) is 5.75 Å².